The van der Waals surface area contributed by atoms with Crippen LogP contribution in [0, 0.1) is 11.7 Å². The predicted octanol–water partition coefficient (Wildman–Crippen LogP) is 3.94. The average molecular weight is 420 g/mol. The van der Waals surface area contributed by atoms with Crippen LogP contribution in [0.15, 0.2) is 42.5 Å². The summed E-state index contributed by atoms with van der Waals surface area (Å²) in [6, 6.07) is 9.97. The molecule has 1 saturated heterocycles. The van der Waals surface area contributed by atoms with E-state index in [2.05, 4.69) is 10.2 Å². The molecule has 0 aliphatic carbocycles. The van der Waals surface area contributed by atoms with Crippen LogP contribution in [0.25, 0.3) is 0 Å². The van der Waals surface area contributed by atoms with E-state index in [4.69, 9.17) is 22.1 Å². The van der Waals surface area contributed by atoms with Crippen molar-refractivity contribution in [2.75, 3.05) is 31.6 Å². The van der Waals surface area contributed by atoms with Gasteiger partial charge in [0.15, 0.2) is 5.78 Å². The SMILES string of the molecule is NC(=O)Nc1cc(Cl)ccc1OCCN1CCC(C(=O)c2ccc(F)cc2)CC1. The van der Waals surface area contributed by atoms with E-state index >= 15 is 0 Å². The minimum atomic E-state index is -0.690. The summed E-state index contributed by atoms with van der Waals surface area (Å²) in [4.78, 5) is 25.9. The molecule has 8 heteroatoms. The second-order valence-corrected chi connectivity index (χ2v) is 7.40. The highest BCUT2D eigenvalue weighted by atomic mass is 35.5. The zero-order valence-corrected chi connectivity index (χ0v) is 16.6. The van der Waals surface area contributed by atoms with Gasteiger partial charge in [0.1, 0.15) is 18.2 Å². The molecule has 1 fully saturated rings. The Morgan fingerprint density at radius 3 is 2.52 bits per heavy atom. The van der Waals surface area contributed by atoms with Gasteiger partial charge in [0.05, 0.1) is 5.69 Å². The number of Topliss-reactive ketones (excluding diaryl/α,β-unsaturated/α-hetero) is 1. The molecular formula is C21H23ClFN3O3. The number of urea groups is 1. The molecule has 154 valence electrons. The van der Waals surface area contributed by atoms with Crippen LogP contribution in [0.5, 0.6) is 5.75 Å². The Labute approximate surface area is 173 Å². The Morgan fingerprint density at radius 2 is 1.86 bits per heavy atom. The number of halogens is 2. The highest BCUT2D eigenvalue weighted by molar-refractivity contribution is 6.31. The maximum absolute atomic E-state index is 13.0. The molecule has 1 aliphatic rings. The van der Waals surface area contributed by atoms with Gasteiger partial charge in [-0.2, -0.15) is 0 Å². The van der Waals surface area contributed by atoms with Crippen LogP contribution in [-0.2, 0) is 0 Å². The average Bonchev–Trinajstić information content (AvgIpc) is 2.70. The topological polar surface area (TPSA) is 84.7 Å². The van der Waals surface area contributed by atoms with Crippen LogP contribution in [0.4, 0.5) is 14.9 Å². The van der Waals surface area contributed by atoms with E-state index in [9.17, 15) is 14.0 Å². The Hall–Kier alpha value is -2.64. The van der Waals surface area contributed by atoms with E-state index in [1.807, 2.05) is 0 Å². The lowest BCUT2D eigenvalue weighted by Crippen LogP contribution is -2.38. The number of benzene rings is 2. The van der Waals surface area contributed by atoms with E-state index in [0.717, 1.165) is 25.9 Å². The van der Waals surface area contributed by atoms with Crippen molar-refractivity contribution in [3.63, 3.8) is 0 Å². The van der Waals surface area contributed by atoms with Gasteiger partial charge in [-0.3, -0.25) is 9.69 Å². The number of likely N-dealkylation sites (tertiary alicyclic amines) is 1. The van der Waals surface area contributed by atoms with Crippen molar-refractivity contribution in [2.24, 2.45) is 11.7 Å². The van der Waals surface area contributed by atoms with Gasteiger partial charge in [-0.25, -0.2) is 9.18 Å². The van der Waals surface area contributed by atoms with E-state index in [1.165, 1.54) is 12.1 Å². The van der Waals surface area contributed by atoms with Gasteiger partial charge < -0.3 is 15.8 Å². The van der Waals surface area contributed by atoms with Gasteiger partial charge >= 0.3 is 6.03 Å². The molecule has 0 spiro atoms. The number of ether oxygens (including phenoxy) is 1. The number of amides is 2. The summed E-state index contributed by atoms with van der Waals surface area (Å²) in [6.45, 7) is 2.68. The van der Waals surface area contributed by atoms with Crippen molar-refractivity contribution in [3.8, 4) is 5.75 Å². The minimum absolute atomic E-state index is 0.0414. The Morgan fingerprint density at radius 1 is 1.17 bits per heavy atom. The standard InChI is InChI=1S/C21H23ClFN3O3/c22-16-3-6-19(18(13-16)25-21(24)28)29-12-11-26-9-7-15(8-10-26)20(27)14-1-4-17(23)5-2-14/h1-6,13,15H,7-12H2,(H3,24,25,28). The molecule has 1 heterocycles. The molecule has 2 amide bonds. The van der Waals surface area contributed by atoms with E-state index in [-0.39, 0.29) is 17.5 Å². The molecule has 2 aromatic carbocycles. The number of nitrogens with zero attached hydrogens (tertiary/aromatic N) is 1. The molecule has 0 saturated carbocycles. The largest absolute Gasteiger partial charge is 0.490 e. The van der Waals surface area contributed by atoms with Crippen molar-refractivity contribution >= 4 is 29.1 Å². The molecule has 0 unspecified atom stereocenters. The third kappa shape index (κ3) is 5.92. The number of hydrogen-bond donors (Lipinski definition) is 2. The van der Waals surface area contributed by atoms with Crippen molar-refractivity contribution in [2.45, 2.75) is 12.8 Å². The van der Waals surface area contributed by atoms with Gasteiger partial charge in [-0.1, -0.05) is 11.6 Å². The number of piperidine rings is 1. The first-order chi connectivity index (χ1) is 13.9. The number of hydrogen-bond acceptors (Lipinski definition) is 4. The van der Waals surface area contributed by atoms with Crippen LogP contribution in [0.3, 0.4) is 0 Å². The minimum Gasteiger partial charge on any atom is -0.490 e. The first-order valence-electron chi connectivity index (χ1n) is 9.43. The van der Waals surface area contributed by atoms with E-state index in [0.29, 0.717) is 35.2 Å². The lowest BCUT2D eigenvalue weighted by Gasteiger charge is -2.31. The molecular weight excluding hydrogens is 397 g/mol. The first kappa shape index (κ1) is 21.1. The smallest absolute Gasteiger partial charge is 0.316 e. The van der Waals surface area contributed by atoms with Crippen LogP contribution in [0.2, 0.25) is 5.02 Å². The molecule has 0 aromatic heterocycles. The maximum atomic E-state index is 13.0. The summed E-state index contributed by atoms with van der Waals surface area (Å²) in [5, 5.41) is 2.96. The van der Waals surface area contributed by atoms with Crippen LogP contribution < -0.4 is 15.8 Å². The van der Waals surface area contributed by atoms with Crippen LogP contribution >= 0.6 is 11.6 Å². The third-order valence-corrected chi connectivity index (χ3v) is 5.19. The summed E-state index contributed by atoms with van der Waals surface area (Å²) < 4.78 is 18.8. The monoisotopic (exact) mass is 419 g/mol. The van der Waals surface area contributed by atoms with Gasteiger partial charge in [-0.15, -0.1) is 0 Å². The zero-order chi connectivity index (χ0) is 20.8. The lowest BCUT2D eigenvalue weighted by molar-refractivity contribution is 0.0827. The van der Waals surface area contributed by atoms with Gasteiger partial charge in [-0.05, 0) is 68.4 Å². The molecule has 6 nitrogen and oxygen atoms in total. The fraction of sp³-hybridized carbons (Fsp3) is 0.333. The molecule has 0 bridgehead atoms. The van der Waals surface area contributed by atoms with Crippen molar-refractivity contribution in [3.05, 3.63) is 58.9 Å². The summed E-state index contributed by atoms with van der Waals surface area (Å²) in [5.74, 6) is 0.185. The van der Waals surface area contributed by atoms with Gasteiger partial charge in [0.25, 0.3) is 0 Å². The molecule has 0 radical (unpaired) electrons. The van der Waals surface area contributed by atoms with Crippen LogP contribution in [-0.4, -0.2) is 43.0 Å². The second kappa shape index (κ2) is 9.71. The fourth-order valence-corrected chi connectivity index (χ4v) is 3.58. The molecule has 3 rings (SSSR count). The number of primary amides is 1. The number of carbonyl (C=O) groups excluding carboxylic acids is 2. The summed E-state index contributed by atoms with van der Waals surface area (Å²) >= 11 is 5.95. The highest BCUT2D eigenvalue weighted by Crippen LogP contribution is 2.28. The van der Waals surface area contributed by atoms with Crippen LogP contribution in [0.1, 0.15) is 23.2 Å². The molecule has 2 aromatic rings. The third-order valence-electron chi connectivity index (χ3n) is 4.95. The summed E-state index contributed by atoms with van der Waals surface area (Å²) in [5.41, 5.74) is 6.16. The summed E-state index contributed by atoms with van der Waals surface area (Å²) in [6.07, 6.45) is 1.51. The number of rotatable bonds is 7. The van der Waals surface area contributed by atoms with Crippen molar-refractivity contribution in [1.29, 1.82) is 0 Å². The number of nitrogens with two attached hydrogens (primary N) is 1. The molecule has 1 aliphatic heterocycles. The zero-order valence-electron chi connectivity index (χ0n) is 15.9. The van der Waals surface area contributed by atoms with Gasteiger partial charge in [0, 0.05) is 23.0 Å². The van der Waals surface area contributed by atoms with Crippen molar-refractivity contribution < 1.29 is 18.7 Å². The fourth-order valence-electron chi connectivity index (χ4n) is 3.41. The lowest BCUT2D eigenvalue weighted by atomic mass is 9.89. The van der Waals surface area contributed by atoms with Crippen molar-refractivity contribution in [1.82, 2.24) is 4.90 Å². The molecule has 3 N–H and O–H groups in total. The maximum Gasteiger partial charge on any atom is 0.316 e. The number of ketones is 1. The first-order valence-corrected chi connectivity index (χ1v) is 9.81. The Balaban J connectivity index is 1.46. The molecule has 29 heavy (non-hydrogen) atoms. The highest BCUT2D eigenvalue weighted by Gasteiger charge is 2.25. The number of anilines is 1. The Bertz CT molecular complexity index is 868. The molecule has 0 atom stereocenters. The predicted molar refractivity (Wildman–Crippen MR) is 110 cm³/mol. The normalized spacial score (nSPS) is 15.1. The Kier molecular flexibility index (Phi) is 7.06. The van der Waals surface area contributed by atoms with E-state index in [1.54, 1.807) is 30.3 Å². The quantitative estimate of drug-likeness (QED) is 0.665. The van der Waals surface area contributed by atoms with E-state index < -0.39 is 6.03 Å². The summed E-state index contributed by atoms with van der Waals surface area (Å²) in [7, 11) is 0. The van der Waals surface area contributed by atoms with Gasteiger partial charge in [0.2, 0.25) is 0 Å². The second-order valence-electron chi connectivity index (χ2n) is 6.97. The number of nitrogens with one attached hydrogen (secondary N) is 1. The number of carbonyl (C=O) groups is 2.